The number of hydrogen-bond acceptors (Lipinski definition) is 9. The topological polar surface area (TPSA) is 128 Å². The molecule has 0 spiro atoms. The summed E-state index contributed by atoms with van der Waals surface area (Å²) in [5.74, 6) is 2.48. The smallest absolute Gasteiger partial charge is 0.343 e. The van der Waals surface area contributed by atoms with Crippen LogP contribution in [0, 0.1) is 0 Å². The Labute approximate surface area is 203 Å². The number of ether oxygens (including phenoxy) is 2. The largest absolute Gasteiger partial charge is 0.462 e. The van der Waals surface area contributed by atoms with E-state index in [2.05, 4.69) is 42.8 Å². The van der Waals surface area contributed by atoms with Crippen LogP contribution in [-0.4, -0.2) is 43.2 Å². The summed E-state index contributed by atoms with van der Waals surface area (Å²) in [5.41, 5.74) is 2.05. The van der Waals surface area contributed by atoms with Gasteiger partial charge < -0.3 is 14.8 Å². The lowest BCUT2D eigenvalue weighted by atomic mass is 10.2. The van der Waals surface area contributed by atoms with Crippen molar-refractivity contribution < 1.29 is 14.3 Å². The number of esters is 1. The standard InChI is InChI=1S/C25H27N7O3/c1-3-5-10-22-26-16-20(25(33)34-4-2)23(28-22)27-15-17-11-13-18(14-12-17)35-21-9-7-6-8-19(21)24-29-31-32-30-24/h6-9,11-14,16H,3-5,10,15H2,1-2H3,(H,26,27,28)(H,29,30,31,32). The predicted molar refractivity (Wildman–Crippen MR) is 130 cm³/mol. The second kappa shape index (κ2) is 11.7. The van der Waals surface area contributed by atoms with Crippen LogP contribution in [0.5, 0.6) is 11.5 Å². The van der Waals surface area contributed by atoms with Gasteiger partial charge in [0.2, 0.25) is 5.82 Å². The number of unbranched alkanes of at least 4 members (excludes halogenated alkanes) is 1. The highest BCUT2D eigenvalue weighted by Crippen LogP contribution is 2.31. The molecule has 4 aromatic rings. The van der Waals surface area contributed by atoms with Gasteiger partial charge in [0.15, 0.2) is 0 Å². The molecule has 4 rings (SSSR count). The maximum atomic E-state index is 12.4. The summed E-state index contributed by atoms with van der Waals surface area (Å²) >= 11 is 0. The first-order valence-corrected chi connectivity index (χ1v) is 11.5. The van der Waals surface area contributed by atoms with E-state index in [-0.39, 0.29) is 6.61 Å². The minimum atomic E-state index is -0.443. The zero-order valence-electron chi connectivity index (χ0n) is 19.7. The maximum absolute atomic E-state index is 12.4. The molecule has 2 aromatic carbocycles. The number of tetrazole rings is 1. The highest BCUT2D eigenvalue weighted by Gasteiger charge is 2.16. The van der Waals surface area contributed by atoms with Crippen molar-refractivity contribution in [3.05, 3.63) is 71.7 Å². The molecule has 0 aliphatic heterocycles. The van der Waals surface area contributed by atoms with E-state index >= 15 is 0 Å². The molecule has 10 nitrogen and oxygen atoms in total. The van der Waals surface area contributed by atoms with Crippen molar-refractivity contribution in [3.8, 4) is 22.9 Å². The van der Waals surface area contributed by atoms with Gasteiger partial charge in [0.25, 0.3) is 0 Å². The lowest BCUT2D eigenvalue weighted by molar-refractivity contribution is 0.0526. The van der Waals surface area contributed by atoms with E-state index in [1.807, 2.05) is 48.5 Å². The summed E-state index contributed by atoms with van der Waals surface area (Å²) in [6, 6.07) is 15.1. The molecule has 2 N–H and O–H groups in total. The fourth-order valence-electron chi connectivity index (χ4n) is 3.37. The first kappa shape index (κ1) is 23.8. The van der Waals surface area contributed by atoms with Crippen LogP contribution in [0.25, 0.3) is 11.4 Å². The van der Waals surface area contributed by atoms with Gasteiger partial charge in [0, 0.05) is 19.2 Å². The summed E-state index contributed by atoms with van der Waals surface area (Å²) in [4.78, 5) is 21.3. The maximum Gasteiger partial charge on any atom is 0.343 e. The van der Waals surface area contributed by atoms with E-state index in [9.17, 15) is 4.79 Å². The zero-order chi connectivity index (χ0) is 24.5. The number of aromatic nitrogens is 6. The van der Waals surface area contributed by atoms with Crippen molar-refractivity contribution in [2.24, 2.45) is 0 Å². The van der Waals surface area contributed by atoms with Gasteiger partial charge in [0.05, 0.1) is 12.2 Å². The molecular formula is C25H27N7O3. The molecule has 2 aromatic heterocycles. The number of carbonyl (C=O) groups excluding carboxylic acids is 1. The molecule has 0 saturated carbocycles. The Balaban J connectivity index is 1.46. The van der Waals surface area contributed by atoms with E-state index in [4.69, 9.17) is 9.47 Å². The number of anilines is 1. The Hall–Kier alpha value is -4.34. The Morgan fingerprint density at radius 2 is 1.91 bits per heavy atom. The van der Waals surface area contributed by atoms with Crippen LogP contribution in [0.1, 0.15) is 48.4 Å². The minimum Gasteiger partial charge on any atom is -0.462 e. The number of nitrogens with zero attached hydrogens (tertiary/aromatic N) is 5. The number of H-pyrrole nitrogens is 1. The lowest BCUT2D eigenvalue weighted by Crippen LogP contribution is -2.13. The molecule has 0 aliphatic carbocycles. The molecule has 10 heteroatoms. The van der Waals surface area contributed by atoms with Crippen LogP contribution in [0.15, 0.2) is 54.7 Å². The summed E-state index contributed by atoms with van der Waals surface area (Å²) in [5, 5.41) is 17.4. The van der Waals surface area contributed by atoms with Crippen molar-refractivity contribution in [1.82, 2.24) is 30.6 Å². The van der Waals surface area contributed by atoms with E-state index in [0.29, 0.717) is 41.1 Å². The zero-order valence-corrected chi connectivity index (χ0v) is 19.7. The van der Waals surface area contributed by atoms with Crippen LogP contribution in [-0.2, 0) is 17.7 Å². The molecule has 0 bridgehead atoms. The average Bonchev–Trinajstić information content (AvgIpc) is 3.42. The van der Waals surface area contributed by atoms with Crippen molar-refractivity contribution in [2.75, 3.05) is 11.9 Å². The predicted octanol–water partition coefficient (Wildman–Crippen LogP) is 4.58. The lowest BCUT2D eigenvalue weighted by Gasteiger charge is -2.13. The Morgan fingerprint density at radius 1 is 1.09 bits per heavy atom. The van der Waals surface area contributed by atoms with Gasteiger partial charge in [-0.25, -0.2) is 14.8 Å². The SMILES string of the molecule is CCCCc1ncc(C(=O)OCC)c(NCc2ccc(Oc3ccccc3-c3nn[nH]n3)cc2)n1. The summed E-state index contributed by atoms with van der Waals surface area (Å²) < 4.78 is 11.2. The van der Waals surface area contributed by atoms with Crippen LogP contribution in [0.2, 0.25) is 0 Å². The number of benzene rings is 2. The quantitative estimate of drug-likeness (QED) is 0.301. The van der Waals surface area contributed by atoms with Gasteiger partial charge in [-0.15, -0.1) is 10.2 Å². The van der Waals surface area contributed by atoms with Crippen molar-refractivity contribution in [2.45, 2.75) is 39.7 Å². The van der Waals surface area contributed by atoms with Crippen molar-refractivity contribution >= 4 is 11.8 Å². The third-order valence-corrected chi connectivity index (χ3v) is 5.17. The third-order valence-electron chi connectivity index (χ3n) is 5.17. The first-order valence-electron chi connectivity index (χ1n) is 11.5. The molecule has 0 unspecified atom stereocenters. The van der Waals surface area contributed by atoms with Gasteiger partial charge in [-0.05, 0) is 48.4 Å². The molecular weight excluding hydrogens is 446 g/mol. The molecule has 0 fully saturated rings. The number of hydrogen-bond donors (Lipinski definition) is 2. The average molecular weight is 474 g/mol. The van der Waals surface area contributed by atoms with Crippen molar-refractivity contribution in [1.29, 1.82) is 0 Å². The molecule has 0 saturated heterocycles. The molecule has 180 valence electrons. The van der Waals surface area contributed by atoms with Gasteiger partial charge in [0.1, 0.15) is 28.7 Å². The van der Waals surface area contributed by atoms with E-state index < -0.39 is 5.97 Å². The number of carbonyl (C=O) groups is 1. The molecule has 2 heterocycles. The number of aromatic amines is 1. The highest BCUT2D eigenvalue weighted by atomic mass is 16.5. The molecule has 0 amide bonds. The monoisotopic (exact) mass is 473 g/mol. The number of aryl methyl sites for hydroxylation is 1. The van der Waals surface area contributed by atoms with E-state index in [0.717, 1.165) is 30.4 Å². The van der Waals surface area contributed by atoms with Gasteiger partial charge in [-0.3, -0.25) is 0 Å². The second-order valence-corrected chi connectivity index (χ2v) is 7.70. The minimum absolute atomic E-state index is 0.285. The summed E-state index contributed by atoms with van der Waals surface area (Å²) in [6.45, 7) is 4.64. The van der Waals surface area contributed by atoms with E-state index in [1.165, 1.54) is 6.20 Å². The normalized spacial score (nSPS) is 10.7. The molecule has 0 aliphatic rings. The van der Waals surface area contributed by atoms with Crippen LogP contribution < -0.4 is 10.1 Å². The van der Waals surface area contributed by atoms with Gasteiger partial charge in [-0.2, -0.15) is 5.21 Å². The molecule has 35 heavy (non-hydrogen) atoms. The van der Waals surface area contributed by atoms with Crippen LogP contribution in [0.4, 0.5) is 5.82 Å². The van der Waals surface area contributed by atoms with Crippen LogP contribution >= 0.6 is 0 Å². The molecule has 0 atom stereocenters. The number of rotatable bonds is 11. The highest BCUT2D eigenvalue weighted by molar-refractivity contribution is 5.94. The number of nitrogens with one attached hydrogen (secondary N) is 2. The van der Waals surface area contributed by atoms with Crippen molar-refractivity contribution in [3.63, 3.8) is 0 Å². The Kier molecular flexibility index (Phi) is 7.95. The summed E-state index contributed by atoms with van der Waals surface area (Å²) in [6.07, 6.45) is 4.32. The number of para-hydroxylation sites is 1. The van der Waals surface area contributed by atoms with Gasteiger partial charge >= 0.3 is 5.97 Å². The Morgan fingerprint density at radius 3 is 2.66 bits per heavy atom. The fourth-order valence-corrected chi connectivity index (χ4v) is 3.37. The van der Waals surface area contributed by atoms with Gasteiger partial charge in [-0.1, -0.05) is 37.6 Å². The summed E-state index contributed by atoms with van der Waals surface area (Å²) in [7, 11) is 0. The van der Waals surface area contributed by atoms with E-state index in [1.54, 1.807) is 6.92 Å². The second-order valence-electron chi connectivity index (χ2n) is 7.70. The molecule has 0 radical (unpaired) electrons. The fraction of sp³-hybridized carbons (Fsp3) is 0.280. The first-order chi connectivity index (χ1) is 17.2. The Bertz CT molecular complexity index is 1240. The third kappa shape index (κ3) is 6.17. The van der Waals surface area contributed by atoms with Crippen LogP contribution in [0.3, 0.4) is 0 Å².